The van der Waals surface area contributed by atoms with Gasteiger partial charge in [0.25, 0.3) is 0 Å². The fourth-order valence-electron chi connectivity index (χ4n) is 3.75. The number of amides is 1. The van der Waals surface area contributed by atoms with Crippen LogP contribution in [0.2, 0.25) is 0 Å². The van der Waals surface area contributed by atoms with E-state index in [0.29, 0.717) is 13.0 Å². The Bertz CT molecular complexity index is 708. The van der Waals surface area contributed by atoms with Crippen LogP contribution in [0.3, 0.4) is 0 Å². The Morgan fingerprint density at radius 1 is 1.08 bits per heavy atom. The van der Waals surface area contributed by atoms with Gasteiger partial charge >= 0.3 is 7.12 Å². The molecular formula is C20H30BNO3. The minimum Gasteiger partial charge on any atom is -0.399 e. The van der Waals surface area contributed by atoms with Crippen LogP contribution in [0.1, 0.15) is 66.0 Å². The Balaban J connectivity index is 2.10. The highest BCUT2D eigenvalue weighted by atomic mass is 16.7. The monoisotopic (exact) mass is 343 g/mol. The van der Waals surface area contributed by atoms with Crippen molar-refractivity contribution >= 4 is 24.2 Å². The van der Waals surface area contributed by atoms with Crippen molar-refractivity contribution in [2.24, 2.45) is 0 Å². The van der Waals surface area contributed by atoms with Gasteiger partial charge in [0.15, 0.2) is 0 Å². The number of hydrogen-bond acceptors (Lipinski definition) is 3. The predicted molar refractivity (Wildman–Crippen MR) is 103 cm³/mol. The molecule has 25 heavy (non-hydrogen) atoms. The van der Waals surface area contributed by atoms with Crippen molar-refractivity contribution in [2.75, 3.05) is 11.4 Å². The number of benzene rings is 1. The Kier molecular flexibility index (Phi) is 4.12. The summed E-state index contributed by atoms with van der Waals surface area (Å²) in [6, 6.07) is 4.32. The van der Waals surface area contributed by atoms with Gasteiger partial charge in [0.2, 0.25) is 5.91 Å². The molecular weight excluding hydrogens is 313 g/mol. The molecule has 2 aliphatic heterocycles. The third kappa shape index (κ3) is 2.82. The highest BCUT2D eigenvalue weighted by Gasteiger charge is 2.52. The number of nitrogens with zero attached hydrogens (tertiary/aromatic N) is 1. The van der Waals surface area contributed by atoms with Crippen molar-refractivity contribution < 1.29 is 14.1 Å². The van der Waals surface area contributed by atoms with Crippen LogP contribution in [0, 0.1) is 6.92 Å². The number of anilines is 1. The van der Waals surface area contributed by atoms with Crippen molar-refractivity contribution in [3.63, 3.8) is 0 Å². The van der Waals surface area contributed by atoms with Crippen LogP contribution in [0.5, 0.6) is 0 Å². The van der Waals surface area contributed by atoms with Crippen molar-refractivity contribution in [3.8, 4) is 0 Å². The Hall–Kier alpha value is -1.33. The molecule has 1 aromatic rings. The maximum atomic E-state index is 12.6. The third-order valence-corrected chi connectivity index (χ3v) is 6.12. The zero-order valence-electron chi connectivity index (χ0n) is 16.8. The van der Waals surface area contributed by atoms with Gasteiger partial charge in [-0.1, -0.05) is 25.5 Å². The summed E-state index contributed by atoms with van der Waals surface area (Å²) in [5.74, 6) is 0.184. The van der Waals surface area contributed by atoms with Gasteiger partial charge in [-0.25, -0.2) is 0 Å². The molecule has 1 aromatic carbocycles. The lowest BCUT2D eigenvalue weighted by Gasteiger charge is -2.39. The molecule has 4 nitrogen and oxygen atoms in total. The summed E-state index contributed by atoms with van der Waals surface area (Å²) >= 11 is 0. The molecule has 0 aliphatic carbocycles. The summed E-state index contributed by atoms with van der Waals surface area (Å²) in [5.41, 5.74) is 3.49. The first-order valence-corrected chi connectivity index (χ1v) is 9.20. The average Bonchev–Trinajstić information content (AvgIpc) is 2.67. The van der Waals surface area contributed by atoms with Gasteiger partial charge in [-0.2, -0.15) is 0 Å². The Morgan fingerprint density at radius 3 is 2.16 bits per heavy atom. The fraction of sp³-hybridized carbons (Fsp3) is 0.650. The van der Waals surface area contributed by atoms with Gasteiger partial charge in [0, 0.05) is 24.1 Å². The van der Waals surface area contributed by atoms with Crippen LogP contribution in [-0.2, 0) is 19.5 Å². The topological polar surface area (TPSA) is 38.8 Å². The van der Waals surface area contributed by atoms with E-state index in [9.17, 15) is 4.79 Å². The minimum absolute atomic E-state index is 0.155. The van der Waals surface area contributed by atoms with E-state index in [2.05, 4.69) is 60.6 Å². The molecule has 1 saturated heterocycles. The first kappa shape index (κ1) is 18.5. The number of aryl methyl sites for hydroxylation is 1. The molecule has 0 N–H and O–H groups in total. The number of rotatable bonds is 2. The van der Waals surface area contributed by atoms with E-state index < -0.39 is 7.12 Å². The molecule has 5 heteroatoms. The van der Waals surface area contributed by atoms with Gasteiger partial charge in [0.05, 0.1) is 11.2 Å². The molecule has 0 bridgehead atoms. The zero-order valence-corrected chi connectivity index (χ0v) is 16.8. The van der Waals surface area contributed by atoms with Crippen molar-refractivity contribution in [2.45, 2.75) is 78.4 Å². The molecule has 2 aliphatic rings. The summed E-state index contributed by atoms with van der Waals surface area (Å²) in [7, 11) is -0.408. The second-order valence-electron chi connectivity index (χ2n) is 9.01. The number of fused-ring (bicyclic) bond motifs is 1. The van der Waals surface area contributed by atoms with Crippen molar-refractivity contribution in [3.05, 3.63) is 23.3 Å². The Labute approximate surface area is 152 Å². The lowest BCUT2D eigenvalue weighted by molar-refractivity contribution is -0.120. The molecule has 0 aromatic heterocycles. The smallest absolute Gasteiger partial charge is 0.399 e. The molecule has 3 rings (SSSR count). The second kappa shape index (κ2) is 5.58. The van der Waals surface area contributed by atoms with E-state index in [-0.39, 0.29) is 22.5 Å². The molecule has 136 valence electrons. The van der Waals surface area contributed by atoms with E-state index in [1.807, 2.05) is 11.8 Å². The molecule has 0 saturated carbocycles. The Morgan fingerprint density at radius 2 is 1.64 bits per heavy atom. The second-order valence-corrected chi connectivity index (χ2v) is 9.01. The summed E-state index contributed by atoms with van der Waals surface area (Å²) in [4.78, 5) is 14.5. The van der Waals surface area contributed by atoms with Gasteiger partial charge < -0.3 is 14.2 Å². The van der Waals surface area contributed by atoms with E-state index in [0.717, 1.165) is 16.7 Å². The molecule has 1 fully saturated rings. The first-order valence-electron chi connectivity index (χ1n) is 9.20. The number of carbonyl (C=O) groups excluding carboxylic acids is 1. The molecule has 2 heterocycles. The number of carbonyl (C=O) groups is 1. The van der Waals surface area contributed by atoms with Gasteiger partial charge in [-0.3, -0.25) is 4.79 Å². The third-order valence-electron chi connectivity index (χ3n) is 6.12. The summed E-state index contributed by atoms with van der Waals surface area (Å²) in [6.07, 6.45) is 0.545. The predicted octanol–water partition coefficient (Wildman–Crippen LogP) is 3.33. The minimum atomic E-state index is -0.408. The molecule has 0 unspecified atom stereocenters. The highest BCUT2D eigenvalue weighted by Crippen LogP contribution is 2.41. The maximum Gasteiger partial charge on any atom is 0.495 e. The highest BCUT2D eigenvalue weighted by molar-refractivity contribution is 6.62. The largest absolute Gasteiger partial charge is 0.495 e. The molecule has 0 spiro atoms. The van der Waals surface area contributed by atoms with Crippen molar-refractivity contribution in [1.29, 1.82) is 0 Å². The molecule has 0 radical (unpaired) electrons. The summed E-state index contributed by atoms with van der Waals surface area (Å²) in [5, 5.41) is 0. The van der Waals surface area contributed by atoms with Crippen LogP contribution >= 0.6 is 0 Å². The lowest BCUT2D eigenvalue weighted by atomic mass is 9.70. The van der Waals surface area contributed by atoms with Gasteiger partial charge in [0.1, 0.15) is 0 Å². The van der Waals surface area contributed by atoms with Crippen LogP contribution in [0.25, 0.3) is 0 Å². The van der Waals surface area contributed by atoms with E-state index >= 15 is 0 Å². The van der Waals surface area contributed by atoms with E-state index in [1.54, 1.807) is 0 Å². The zero-order chi connectivity index (χ0) is 18.8. The first-order chi connectivity index (χ1) is 11.4. The quantitative estimate of drug-likeness (QED) is 0.773. The van der Waals surface area contributed by atoms with Crippen molar-refractivity contribution in [1.82, 2.24) is 0 Å². The molecule has 1 amide bonds. The van der Waals surface area contributed by atoms with Gasteiger partial charge in [-0.15, -0.1) is 0 Å². The van der Waals surface area contributed by atoms with Crippen LogP contribution in [0.4, 0.5) is 5.69 Å². The summed E-state index contributed by atoms with van der Waals surface area (Å²) in [6.45, 7) is 17.3. The van der Waals surface area contributed by atoms with Crippen LogP contribution in [0.15, 0.2) is 12.1 Å². The van der Waals surface area contributed by atoms with E-state index in [1.165, 1.54) is 5.56 Å². The number of hydrogen-bond donors (Lipinski definition) is 0. The standard InChI is InChI=1S/C20H30BNO3/c1-9-22-16-11-15(21-24-19(5,6)20(7,8)25-21)13(2)10-14(16)18(3,4)12-17(22)23/h10-11H,9,12H2,1-8H3. The van der Waals surface area contributed by atoms with Gasteiger partial charge in [-0.05, 0) is 58.6 Å². The van der Waals surface area contributed by atoms with Crippen LogP contribution in [-0.4, -0.2) is 30.8 Å². The SMILES string of the molecule is CCN1C(=O)CC(C)(C)c2cc(C)c(B3OC(C)(C)C(C)(C)O3)cc21. The lowest BCUT2D eigenvalue weighted by Crippen LogP contribution is -2.44. The normalized spacial score (nSPS) is 23.8. The molecule has 0 atom stereocenters. The maximum absolute atomic E-state index is 12.6. The average molecular weight is 343 g/mol. The van der Waals surface area contributed by atoms with E-state index in [4.69, 9.17) is 9.31 Å². The fourth-order valence-corrected chi connectivity index (χ4v) is 3.75. The summed E-state index contributed by atoms with van der Waals surface area (Å²) < 4.78 is 12.5. The van der Waals surface area contributed by atoms with Crippen LogP contribution < -0.4 is 10.4 Å².